The quantitative estimate of drug-likeness (QED) is 0.650. The second kappa shape index (κ2) is 10.1. The molecule has 0 radical (unpaired) electrons. The first kappa shape index (κ1) is 17.4. The number of nitrogens with one attached hydrogen (secondary N) is 1. The lowest BCUT2D eigenvalue weighted by atomic mass is 10.0. The van der Waals surface area contributed by atoms with Gasteiger partial charge in [-0.1, -0.05) is 19.8 Å². The van der Waals surface area contributed by atoms with Crippen LogP contribution in [0.1, 0.15) is 39.0 Å². The van der Waals surface area contributed by atoms with E-state index in [1.165, 1.54) is 7.11 Å². The molecule has 0 unspecified atom stereocenters. The van der Waals surface area contributed by atoms with Gasteiger partial charge in [-0.25, -0.2) is 0 Å². The van der Waals surface area contributed by atoms with Crippen molar-refractivity contribution in [1.29, 1.82) is 0 Å². The minimum absolute atomic E-state index is 0.125. The Morgan fingerprint density at radius 3 is 2.60 bits per heavy atom. The van der Waals surface area contributed by atoms with Crippen LogP contribution >= 0.6 is 0 Å². The number of rotatable bonds is 9. The van der Waals surface area contributed by atoms with Crippen molar-refractivity contribution in [3.8, 4) is 0 Å². The molecule has 0 saturated carbocycles. The van der Waals surface area contributed by atoms with E-state index in [4.69, 9.17) is 9.47 Å². The Morgan fingerprint density at radius 2 is 2.05 bits per heavy atom. The molecular formula is C15H30N2O3. The maximum Gasteiger partial charge on any atom is 0.322 e. The summed E-state index contributed by atoms with van der Waals surface area (Å²) in [5, 5.41) is 3.49. The van der Waals surface area contributed by atoms with E-state index in [0.29, 0.717) is 6.04 Å². The van der Waals surface area contributed by atoms with Crippen molar-refractivity contribution in [2.75, 3.05) is 40.5 Å². The minimum Gasteiger partial charge on any atom is -0.468 e. The van der Waals surface area contributed by atoms with Gasteiger partial charge in [-0.2, -0.15) is 0 Å². The smallest absolute Gasteiger partial charge is 0.322 e. The topological polar surface area (TPSA) is 50.8 Å². The van der Waals surface area contributed by atoms with E-state index in [-0.39, 0.29) is 12.0 Å². The lowest BCUT2D eigenvalue weighted by Gasteiger charge is -2.33. The van der Waals surface area contributed by atoms with Crippen LogP contribution in [0, 0.1) is 0 Å². The molecule has 0 aromatic heterocycles. The monoisotopic (exact) mass is 286 g/mol. The van der Waals surface area contributed by atoms with Gasteiger partial charge in [0.05, 0.1) is 13.7 Å². The summed E-state index contributed by atoms with van der Waals surface area (Å²) in [5.74, 6) is -0.125. The lowest BCUT2D eigenvalue weighted by molar-refractivity contribution is -0.143. The predicted octanol–water partition coefficient (Wildman–Crippen LogP) is 1.42. The molecule has 0 spiro atoms. The summed E-state index contributed by atoms with van der Waals surface area (Å²) in [6, 6.07) is 0.283. The molecule has 1 saturated heterocycles. The normalized spacial score (nSPS) is 18.9. The summed E-state index contributed by atoms with van der Waals surface area (Å²) in [6.07, 6.45) is 5.20. The van der Waals surface area contributed by atoms with Crippen LogP contribution in [0.3, 0.4) is 0 Å². The summed E-state index contributed by atoms with van der Waals surface area (Å²) in [4.78, 5) is 14.2. The molecule has 0 bridgehead atoms. The zero-order chi connectivity index (χ0) is 14.8. The van der Waals surface area contributed by atoms with E-state index < -0.39 is 0 Å². The molecule has 20 heavy (non-hydrogen) atoms. The lowest BCUT2D eigenvalue weighted by Crippen LogP contribution is -2.49. The fourth-order valence-corrected chi connectivity index (χ4v) is 2.65. The number of likely N-dealkylation sites (tertiary alicyclic amines) is 1. The van der Waals surface area contributed by atoms with E-state index in [1.54, 1.807) is 7.11 Å². The third-order valence-corrected chi connectivity index (χ3v) is 3.97. The van der Waals surface area contributed by atoms with Crippen LogP contribution in [-0.2, 0) is 14.3 Å². The number of carbonyl (C=O) groups is 1. The Labute approximate surface area is 123 Å². The van der Waals surface area contributed by atoms with Crippen LogP contribution < -0.4 is 5.32 Å². The van der Waals surface area contributed by atoms with Gasteiger partial charge in [0.25, 0.3) is 0 Å². The highest BCUT2D eigenvalue weighted by Crippen LogP contribution is 2.13. The number of unbranched alkanes of at least 4 members (excludes halogenated alkanes) is 1. The number of methoxy groups -OCH3 is 2. The van der Waals surface area contributed by atoms with Crippen molar-refractivity contribution in [3.05, 3.63) is 0 Å². The standard InChI is InChI=1S/C15H30N2O3/c1-4-5-6-14(15(18)20-3)16-13-7-9-17(10-8-13)11-12-19-2/h13-14,16H,4-12H2,1-3H3/t14-/m1/s1. The highest BCUT2D eigenvalue weighted by Gasteiger charge is 2.25. The molecule has 1 aliphatic rings. The average Bonchev–Trinajstić information content (AvgIpc) is 2.49. The Morgan fingerprint density at radius 1 is 1.35 bits per heavy atom. The maximum absolute atomic E-state index is 11.8. The number of hydrogen-bond donors (Lipinski definition) is 1. The molecule has 1 aliphatic heterocycles. The van der Waals surface area contributed by atoms with Gasteiger partial charge < -0.3 is 19.7 Å². The van der Waals surface area contributed by atoms with Gasteiger partial charge in [-0.3, -0.25) is 4.79 Å². The van der Waals surface area contributed by atoms with Crippen LogP contribution in [0.25, 0.3) is 0 Å². The fraction of sp³-hybridized carbons (Fsp3) is 0.933. The molecule has 0 amide bonds. The van der Waals surface area contributed by atoms with Gasteiger partial charge in [0.1, 0.15) is 6.04 Å². The minimum atomic E-state index is -0.143. The highest BCUT2D eigenvalue weighted by molar-refractivity contribution is 5.75. The summed E-state index contributed by atoms with van der Waals surface area (Å²) in [7, 11) is 3.21. The number of esters is 1. The van der Waals surface area contributed by atoms with Crippen molar-refractivity contribution >= 4 is 5.97 Å². The summed E-state index contributed by atoms with van der Waals surface area (Å²) >= 11 is 0. The Kier molecular flexibility index (Phi) is 8.82. The molecule has 0 aliphatic carbocycles. The van der Waals surface area contributed by atoms with Crippen molar-refractivity contribution in [2.24, 2.45) is 0 Å². The van der Waals surface area contributed by atoms with Crippen molar-refractivity contribution in [1.82, 2.24) is 10.2 Å². The first-order valence-corrected chi connectivity index (χ1v) is 7.76. The van der Waals surface area contributed by atoms with E-state index in [9.17, 15) is 4.79 Å². The van der Waals surface area contributed by atoms with E-state index in [1.807, 2.05) is 0 Å². The molecule has 1 heterocycles. The largest absolute Gasteiger partial charge is 0.468 e. The molecule has 1 atom stereocenters. The average molecular weight is 286 g/mol. The summed E-state index contributed by atoms with van der Waals surface area (Å²) in [5.41, 5.74) is 0. The van der Waals surface area contributed by atoms with Crippen molar-refractivity contribution in [3.63, 3.8) is 0 Å². The molecule has 5 nitrogen and oxygen atoms in total. The van der Waals surface area contributed by atoms with Gasteiger partial charge in [0.2, 0.25) is 0 Å². The van der Waals surface area contributed by atoms with Gasteiger partial charge >= 0.3 is 5.97 Å². The van der Waals surface area contributed by atoms with Crippen LogP contribution in [0.4, 0.5) is 0 Å². The number of ether oxygens (including phenoxy) is 2. The van der Waals surface area contributed by atoms with Gasteiger partial charge in [0.15, 0.2) is 0 Å². The molecule has 0 aromatic rings. The van der Waals surface area contributed by atoms with Crippen LogP contribution in [0.5, 0.6) is 0 Å². The molecular weight excluding hydrogens is 256 g/mol. The number of piperidine rings is 1. The third-order valence-electron chi connectivity index (χ3n) is 3.97. The Balaban J connectivity index is 2.33. The molecule has 5 heteroatoms. The maximum atomic E-state index is 11.8. The fourth-order valence-electron chi connectivity index (χ4n) is 2.65. The first-order chi connectivity index (χ1) is 9.71. The predicted molar refractivity (Wildman–Crippen MR) is 79.8 cm³/mol. The Hall–Kier alpha value is -0.650. The molecule has 0 aromatic carbocycles. The molecule has 1 fully saturated rings. The zero-order valence-corrected chi connectivity index (χ0v) is 13.2. The summed E-state index contributed by atoms with van der Waals surface area (Å²) < 4.78 is 10.0. The van der Waals surface area contributed by atoms with Gasteiger partial charge in [-0.15, -0.1) is 0 Å². The number of carbonyl (C=O) groups excluding carboxylic acids is 1. The highest BCUT2D eigenvalue weighted by atomic mass is 16.5. The molecule has 1 rings (SSSR count). The summed E-state index contributed by atoms with van der Waals surface area (Å²) in [6.45, 7) is 6.08. The third kappa shape index (κ3) is 6.20. The number of hydrogen-bond acceptors (Lipinski definition) is 5. The number of nitrogens with zero attached hydrogens (tertiary/aromatic N) is 1. The van der Waals surface area contributed by atoms with Crippen molar-refractivity contribution in [2.45, 2.75) is 51.1 Å². The Bertz CT molecular complexity index is 266. The SMILES string of the molecule is CCCC[C@@H](NC1CCN(CCOC)CC1)C(=O)OC. The molecule has 118 valence electrons. The zero-order valence-electron chi connectivity index (χ0n) is 13.2. The van der Waals surface area contributed by atoms with Crippen LogP contribution in [0.2, 0.25) is 0 Å². The van der Waals surface area contributed by atoms with E-state index in [0.717, 1.165) is 58.3 Å². The van der Waals surface area contributed by atoms with Crippen molar-refractivity contribution < 1.29 is 14.3 Å². The van der Waals surface area contributed by atoms with E-state index >= 15 is 0 Å². The second-order valence-corrected chi connectivity index (χ2v) is 5.49. The molecule has 1 N–H and O–H groups in total. The van der Waals surface area contributed by atoms with Crippen LogP contribution in [-0.4, -0.2) is 63.4 Å². The van der Waals surface area contributed by atoms with Gasteiger partial charge in [0, 0.05) is 19.7 Å². The van der Waals surface area contributed by atoms with Crippen LogP contribution in [0.15, 0.2) is 0 Å². The second-order valence-electron chi connectivity index (χ2n) is 5.49. The van der Waals surface area contributed by atoms with Gasteiger partial charge in [-0.05, 0) is 32.4 Å². The first-order valence-electron chi connectivity index (χ1n) is 7.76. The van der Waals surface area contributed by atoms with E-state index in [2.05, 4.69) is 17.1 Å².